The summed E-state index contributed by atoms with van der Waals surface area (Å²) in [6.07, 6.45) is 2.90. The zero-order chi connectivity index (χ0) is 7.72. The van der Waals surface area contributed by atoms with Crippen molar-refractivity contribution in [3.8, 4) is 0 Å². The molecule has 1 saturated carbocycles. The molecule has 0 spiro atoms. The minimum Gasteiger partial charge on any atom is -0.0625 e. The first-order valence-corrected chi connectivity index (χ1v) is 4.61. The van der Waals surface area contributed by atoms with Crippen LogP contribution < -0.4 is 0 Å². The van der Waals surface area contributed by atoms with Gasteiger partial charge in [0.05, 0.1) is 0 Å². The van der Waals surface area contributed by atoms with E-state index in [2.05, 4.69) is 27.7 Å². The monoisotopic (exact) mass is 140 g/mol. The average molecular weight is 140 g/mol. The van der Waals surface area contributed by atoms with Crippen LogP contribution in [0.5, 0.6) is 0 Å². The van der Waals surface area contributed by atoms with Crippen molar-refractivity contribution in [1.29, 1.82) is 0 Å². The van der Waals surface area contributed by atoms with Gasteiger partial charge in [-0.1, -0.05) is 27.7 Å². The normalized spacial score (nSPS) is 49.2. The number of hydrogen-bond acceptors (Lipinski definition) is 0. The van der Waals surface area contributed by atoms with Gasteiger partial charge >= 0.3 is 0 Å². The molecule has 0 amide bonds. The summed E-state index contributed by atoms with van der Waals surface area (Å²) in [6, 6.07) is 0. The van der Waals surface area contributed by atoms with Crippen LogP contribution in [0.4, 0.5) is 0 Å². The van der Waals surface area contributed by atoms with Crippen molar-refractivity contribution in [2.24, 2.45) is 23.7 Å². The van der Waals surface area contributed by atoms with Gasteiger partial charge in [-0.25, -0.2) is 0 Å². The average Bonchev–Trinajstić information content (AvgIpc) is 1.82. The zero-order valence-electron chi connectivity index (χ0n) is 7.72. The second-order valence-corrected chi connectivity index (χ2v) is 4.39. The van der Waals surface area contributed by atoms with E-state index in [0.717, 1.165) is 23.7 Å². The van der Waals surface area contributed by atoms with Crippen LogP contribution in [0.15, 0.2) is 0 Å². The van der Waals surface area contributed by atoms with Crippen LogP contribution >= 0.6 is 0 Å². The summed E-state index contributed by atoms with van der Waals surface area (Å²) in [5, 5.41) is 0. The maximum Gasteiger partial charge on any atom is -0.0391 e. The van der Waals surface area contributed by atoms with E-state index in [9.17, 15) is 0 Å². The summed E-state index contributed by atoms with van der Waals surface area (Å²) in [6.45, 7) is 9.59. The van der Waals surface area contributed by atoms with E-state index in [1.165, 1.54) is 12.8 Å². The predicted octanol–water partition coefficient (Wildman–Crippen LogP) is 3.32. The number of rotatable bonds is 0. The molecule has 0 heteroatoms. The van der Waals surface area contributed by atoms with Gasteiger partial charge in [-0.2, -0.15) is 0 Å². The Labute approximate surface area is 65.0 Å². The minimum atomic E-state index is 0.955. The van der Waals surface area contributed by atoms with Crippen LogP contribution in [-0.2, 0) is 0 Å². The molecule has 0 radical (unpaired) electrons. The maximum atomic E-state index is 2.40. The Morgan fingerprint density at radius 2 is 1.20 bits per heavy atom. The molecule has 4 atom stereocenters. The molecular weight excluding hydrogens is 120 g/mol. The SMILES string of the molecule is CC1C[C@@H](C)C(C)[C@@H](C)C1. The molecular formula is C10H20. The van der Waals surface area contributed by atoms with Crippen molar-refractivity contribution in [2.45, 2.75) is 40.5 Å². The molecule has 0 aliphatic heterocycles. The van der Waals surface area contributed by atoms with Crippen LogP contribution in [-0.4, -0.2) is 0 Å². The Morgan fingerprint density at radius 3 is 1.60 bits per heavy atom. The Kier molecular flexibility index (Phi) is 2.38. The first-order chi connectivity index (χ1) is 4.61. The highest BCUT2D eigenvalue weighted by Gasteiger charge is 2.27. The van der Waals surface area contributed by atoms with E-state index < -0.39 is 0 Å². The Morgan fingerprint density at radius 1 is 0.800 bits per heavy atom. The summed E-state index contributed by atoms with van der Waals surface area (Å²) in [4.78, 5) is 0. The zero-order valence-corrected chi connectivity index (χ0v) is 7.72. The third kappa shape index (κ3) is 1.53. The smallest absolute Gasteiger partial charge is 0.0391 e. The molecule has 0 aromatic heterocycles. The summed E-state index contributed by atoms with van der Waals surface area (Å²) < 4.78 is 0. The third-order valence-corrected chi connectivity index (χ3v) is 3.34. The van der Waals surface area contributed by atoms with Crippen molar-refractivity contribution in [1.82, 2.24) is 0 Å². The van der Waals surface area contributed by atoms with Gasteiger partial charge in [-0.05, 0) is 36.5 Å². The first-order valence-electron chi connectivity index (χ1n) is 4.61. The van der Waals surface area contributed by atoms with E-state index in [1.807, 2.05) is 0 Å². The molecule has 1 aliphatic rings. The Balaban J connectivity index is 2.49. The van der Waals surface area contributed by atoms with Gasteiger partial charge < -0.3 is 0 Å². The molecule has 0 aromatic rings. The molecule has 1 aliphatic carbocycles. The summed E-state index contributed by atoms with van der Waals surface area (Å²) in [5.74, 6) is 3.84. The highest BCUT2D eigenvalue weighted by molar-refractivity contribution is 4.77. The molecule has 0 bridgehead atoms. The lowest BCUT2D eigenvalue weighted by atomic mass is 9.71. The standard InChI is InChI=1S/C10H20/c1-7-5-8(2)10(4)9(3)6-7/h7-10H,5-6H2,1-4H3/t7?,8-,9+,10?. The molecule has 0 aromatic carbocycles. The molecule has 10 heavy (non-hydrogen) atoms. The van der Waals surface area contributed by atoms with Gasteiger partial charge in [-0.3, -0.25) is 0 Å². The van der Waals surface area contributed by atoms with E-state index in [-0.39, 0.29) is 0 Å². The highest BCUT2D eigenvalue weighted by Crippen LogP contribution is 2.36. The fourth-order valence-electron chi connectivity index (χ4n) is 2.36. The first kappa shape index (κ1) is 8.10. The summed E-state index contributed by atoms with van der Waals surface area (Å²) in [7, 11) is 0. The van der Waals surface area contributed by atoms with E-state index in [0.29, 0.717) is 0 Å². The van der Waals surface area contributed by atoms with Gasteiger partial charge in [0, 0.05) is 0 Å². The van der Waals surface area contributed by atoms with Gasteiger partial charge in [0.1, 0.15) is 0 Å². The maximum absolute atomic E-state index is 2.40. The van der Waals surface area contributed by atoms with Crippen LogP contribution in [0.25, 0.3) is 0 Å². The Hall–Kier alpha value is 0. The molecule has 2 unspecified atom stereocenters. The molecule has 1 fully saturated rings. The van der Waals surface area contributed by atoms with Crippen LogP contribution in [0, 0.1) is 23.7 Å². The van der Waals surface area contributed by atoms with Crippen molar-refractivity contribution in [3.05, 3.63) is 0 Å². The van der Waals surface area contributed by atoms with E-state index in [1.54, 1.807) is 0 Å². The predicted molar refractivity (Wildman–Crippen MR) is 45.9 cm³/mol. The molecule has 0 heterocycles. The Bertz CT molecular complexity index is 94.6. The lowest BCUT2D eigenvalue weighted by Gasteiger charge is -2.35. The fraction of sp³-hybridized carbons (Fsp3) is 1.00. The van der Waals surface area contributed by atoms with Crippen LogP contribution in [0.3, 0.4) is 0 Å². The highest BCUT2D eigenvalue weighted by atomic mass is 14.3. The quantitative estimate of drug-likeness (QED) is 0.484. The van der Waals surface area contributed by atoms with E-state index in [4.69, 9.17) is 0 Å². The van der Waals surface area contributed by atoms with Gasteiger partial charge in [-0.15, -0.1) is 0 Å². The van der Waals surface area contributed by atoms with Crippen molar-refractivity contribution < 1.29 is 0 Å². The minimum absolute atomic E-state index is 0.955. The van der Waals surface area contributed by atoms with Crippen LogP contribution in [0.2, 0.25) is 0 Å². The largest absolute Gasteiger partial charge is 0.0625 e. The van der Waals surface area contributed by atoms with Gasteiger partial charge in [0.15, 0.2) is 0 Å². The van der Waals surface area contributed by atoms with Gasteiger partial charge in [0.25, 0.3) is 0 Å². The molecule has 1 rings (SSSR count). The third-order valence-electron chi connectivity index (χ3n) is 3.34. The van der Waals surface area contributed by atoms with Crippen molar-refractivity contribution in [2.75, 3.05) is 0 Å². The molecule has 0 nitrogen and oxygen atoms in total. The second kappa shape index (κ2) is 2.94. The summed E-state index contributed by atoms with van der Waals surface area (Å²) in [5.41, 5.74) is 0. The van der Waals surface area contributed by atoms with E-state index >= 15 is 0 Å². The lowest BCUT2D eigenvalue weighted by Crippen LogP contribution is -2.26. The second-order valence-electron chi connectivity index (χ2n) is 4.39. The van der Waals surface area contributed by atoms with Crippen LogP contribution in [0.1, 0.15) is 40.5 Å². The van der Waals surface area contributed by atoms with Gasteiger partial charge in [0.2, 0.25) is 0 Å². The lowest BCUT2D eigenvalue weighted by molar-refractivity contribution is 0.151. The number of hydrogen-bond donors (Lipinski definition) is 0. The summed E-state index contributed by atoms with van der Waals surface area (Å²) >= 11 is 0. The van der Waals surface area contributed by atoms with Crippen molar-refractivity contribution >= 4 is 0 Å². The molecule has 60 valence electrons. The molecule has 0 saturated heterocycles. The molecule has 0 N–H and O–H groups in total. The fourth-order valence-corrected chi connectivity index (χ4v) is 2.36. The van der Waals surface area contributed by atoms with Crippen molar-refractivity contribution in [3.63, 3.8) is 0 Å². The topological polar surface area (TPSA) is 0 Å².